The van der Waals surface area contributed by atoms with Crippen LogP contribution < -0.4 is 5.32 Å². The van der Waals surface area contributed by atoms with Gasteiger partial charge in [-0.25, -0.2) is 0 Å². The molecule has 0 saturated carbocycles. The zero-order chi connectivity index (χ0) is 25.3. The summed E-state index contributed by atoms with van der Waals surface area (Å²) < 4.78 is 53.0. The van der Waals surface area contributed by atoms with Gasteiger partial charge in [0.15, 0.2) is 0 Å². The van der Waals surface area contributed by atoms with E-state index in [2.05, 4.69) is 23.3 Å². The molecule has 1 aliphatic rings. The lowest BCUT2D eigenvalue weighted by Gasteiger charge is -2.27. The Labute approximate surface area is 202 Å². The van der Waals surface area contributed by atoms with Crippen molar-refractivity contribution in [3.05, 3.63) is 53.6 Å². The van der Waals surface area contributed by atoms with Crippen molar-refractivity contribution in [1.29, 1.82) is 0 Å². The Hall–Kier alpha value is -2.84. The molecule has 1 aliphatic heterocycles. The highest BCUT2D eigenvalue weighted by atomic mass is 19.4. The molecule has 1 aromatic heterocycles. The smallest absolute Gasteiger partial charge is 0.407 e. The topological polar surface area (TPSA) is 54.7 Å². The number of rotatable bonds is 7. The normalized spacial score (nSPS) is 17.1. The number of carbonyl (C=O) groups excluding carboxylic acids is 1. The Morgan fingerprint density at radius 2 is 1.91 bits per heavy atom. The summed E-state index contributed by atoms with van der Waals surface area (Å²) in [5, 5.41) is 4.12. The Morgan fingerprint density at radius 3 is 2.54 bits per heavy atom. The summed E-state index contributed by atoms with van der Waals surface area (Å²) in [6.07, 6.45) is -1.24. The van der Waals surface area contributed by atoms with Crippen molar-refractivity contribution < 1.29 is 27.1 Å². The van der Waals surface area contributed by atoms with Gasteiger partial charge < -0.3 is 14.1 Å². The van der Waals surface area contributed by atoms with Crippen LogP contribution >= 0.6 is 0 Å². The van der Waals surface area contributed by atoms with Crippen LogP contribution in [-0.4, -0.2) is 50.3 Å². The number of hydrogen-bond acceptors (Lipinski definition) is 5. The van der Waals surface area contributed by atoms with Gasteiger partial charge in [0.1, 0.15) is 23.2 Å². The second-order valence-corrected chi connectivity index (χ2v) is 9.66. The van der Waals surface area contributed by atoms with Crippen molar-refractivity contribution in [2.75, 3.05) is 27.2 Å². The fraction of sp³-hybridized carbons (Fsp3) is 0.444. The summed E-state index contributed by atoms with van der Waals surface area (Å²) in [7, 11) is 3.26. The first-order valence-electron chi connectivity index (χ1n) is 11.8. The van der Waals surface area contributed by atoms with Crippen molar-refractivity contribution in [3.8, 4) is 0 Å². The van der Waals surface area contributed by atoms with Crippen LogP contribution in [-0.2, 0) is 9.53 Å². The van der Waals surface area contributed by atoms with Gasteiger partial charge in [-0.3, -0.25) is 10.1 Å². The molecule has 0 amide bonds. The Balaban J connectivity index is 1.70. The number of carbonyl (C=O) groups is 1. The van der Waals surface area contributed by atoms with E-state index in [-0.39, 0.29) is 17.9 Å². The Morgan fingerprint density at radius 1 is 1.14 bits per heavy atom. The van der Waals surface area contributed by atoms with Gasteiger partial charge in [-0.1, -0.05) is 38.1 Å². The number of hydrogen-bond donors (Lipinski definition) is 1. The molecule has 2 atom stereocenters. The van der Waals surface area contributed by atoms with Crippen LogP contribution in [0.1, 0.15) is 43.9 Å². The number of alkyl halides is 3. The van der Waals surface area contributed by atoms with Crippen LogP contribution in [0.4, 0.5) is 13.2 Å². The Kier molecular flexibility index (Phi) is 7.24. The van der Waals surface area contributed by atoms with Gasteiger partial charge in [-0.2, -0.15) is 13.2 Å². The SMILES string of the molecule is COC(=O)[C@H](CC(C)C)N[C@@H](c1ccc2c(c1)oc1ccc(C3=CCN(C)CC3)cc12)C(F)(F)F. The number of likely N-dealkylation sites (N-methyl/N-ethyl adjacent to an activating group) is 1. The lowest BCUT2D eigenvalue weighted by atomic mass is 9.97. The van der Waals surface area contributed by atoms with Crippen LogP contribution in [0, 0.1) is 5.92 Å². The first kappa shape index (κ1) is 25.3. The molecule has 188 valence electrons. The fourth-order valence-corrected chi connectivity index (χ4v) is 4.63. The fourth-order valence-electron chi connectivity index (χ4n) is 4.63. The molecule has 0 saturated heterocycles. The van der Waals surface area contributed by atoms with E-state index in [0.29, 0.717) is 11.2 Å². The molecule has 5 nitrogen and oxygen atoms in total. The minimum Gasteiger partial charge on any atom is -0.468 e. The van der Waals surface area contributed by atoms with Gasteiger partial charge in [0, 0.05) is 23.9 Å². The summed E-state index contributed by atoms with van der Waals surface area (Å²) >= 11 is 0. The van der Waals surface area contributed by atoms with Crippen molar-refractivity contribution in [2.24, 2.45) is 5.92 Å². The highest BCUT2D eigenvalue weighted by molar-refractivity contribution is 6.06. The van der Waals surface area contributed by atoms with E-state index in [1.54, 1.807) is 6.07 Å². The summed E-state index contributed by atoms with van der Waals surface area (Å²) in [5.74, 6) is -0.708. The third-order valence-electron chi connectivity index (χ3n) is 6.50. The van der Waals surface area contributed by atoms with Gasteiger partial charge >= 0.3 is 12.1 Å². The third kappa shape index (κ3) is 5.54. The first-order valence-corrected chi connectivity index (χ1v) is 11.8. The third-order valence-corrected chi connectivity index (χ3v) is 6.50. The van der Waals surface area contributed by atoms with E-state index in [4.69, 9.17) is 9.15 Å². The van der Waals surface area contributed by atoms with Crippen LogP contribution in [0.15, 0.2) is 46.9 Å². The highest BCUT2D eigenvalue weighted by Gasteiger charge is 2.43. The maximum Gasteiger partial charge on any atom is 0.407 e. The zero-order valence-corrected chi connectivity index (χ0v) is 20.4. The summed E-state index contributed by atoms with van der Waals surface area (Å²) in [5.41, 5.74) is 3.35. The van der Waals surface area contributed by atoms with Crippen molar-refractivity contribution in [1.82, 2.24) is 10.2 Å². The van der Waals surface area contributed by atoms with E-state index in [0.717, 1.165) is 35.8 Å². The van der Waals surface area contributed by atoms with E-state index in [9.17, 15) is 18.0 Å². The molecule has 0 fully saturated rings. The van der Waals surface area contributed by atoms with E-state index < -0.39 is 24.2 Å². The molecule has 35 heavy (non-hydrogen) atoms. The molecule has 8 heteroatoms. The molecular weight excluding hydrogens is 457 g/mol. The maximum atomic E-state index is 14.1. The molecule has 3 aromatic rings. The first-order chi connectivity index (χ1) is 16.6. The molecular formula is C27H31F3N2O3. The molecule has 2 aromatic carbocycles. The predicted octanol–water partition coefficient (Wildman–Crippen LogP) is 6.09. The minimum atomic E-state index is -4.61. The lowest BCUT2D eigenvalue weighted by Crippen LogP contribution is -2.45. The molecule has 2 heterocycles. The van der Waals surface area contributed by atoms with Crippen LogP contribution in [0.2, 0.25) is 0 Å². The number of halogens is 3. The van der Waals surface area contributed by atoms with E-state index >= 15 is 0 Å². The number of esters is 1. The summed E-state index contributed by atoms with van der Waals surface area (Å²) in [4.78, 5) is 14.4. The molecule has 0 radical (unpaired) electrons. The molecule has 0 bridgehead atoms. The van der Waals surface area contributed by atoms with E-state index in [1.165, 1.54) is 24.8 Å². The molecule has 0 spiro atoms. The number of fused-ring (bicyclic) bond motifs is 3. The maximum absolute atomic E-state index is 14.1. The summed E-state index contributed by atoms with van der Waals surface area (Å²) in [6, 6.07) is 7.33. The molecule has 0 aliphatic carbocycles. The number of nitrogens with zero attached hydrogens (tertiary/aromatic N) is 1. The van der Waals surface area contributed by atoms with Gasteiger partial charge in [0.25, 0.3) is 0 Å². The van der Waals surface area contributed by atoms with Crippen molar-refractivity contribution >= 4 is 33.5 Å². The second-order valence-electron chi connectivity index (χ2n) is 9.66. The largest absolute Gasteiger partial charge is 0.468 e. The second kappa shape index (κ2) is 10.0. The lowest BCUT2D eigenvalue weighted by molar-refractivity contribution is -0.164. The number of methoxy groups -OCH3 is 1. The Bertz CT molecular complexity index is 1250. The average Bonchev–Trinajstić information content (AvgIpc) is 3.17. The van der Waals surface area contributed by atoms with Crippen LogP contribution in [0.5, 0.6) is 0 Å². The van der Waals surface area contributed by atoms with Gasteiger partial charge in [-0.15, -0.1) is 0 Å². The molecule has 4 rings (SSSR count). The standard InChI is InChI=1S/C27H31F3N2O3/c1-16(2)13-22(26(33)34-4)31-25(27(28,29)30)19-5-7-20-21-14-18(17-9-11-32(3)12-10-17)6-8-23(21)35-24(20)15-19/h5-9,14-16,22,25,31H,10-13H2,1-4H3/t22-,25-/m0/s1. The van der Waals surface area contributed by atoms with Gasteiger partial charge in [0.05, 0.1) is 7.11 Å². The predicted molar refractivity (Wildman–Crippen MR) is 131 cm³/mol. The van der Waals surface area contributed by atoms with Gasteiger partial charge in [0.2, 0.25) is 0 Å². The van der Waals surface area contributed by atoms with Crippen LogP contribution in [0.3, 0.4) is 0 Å². The monoisotopic (exact) mass is 488 g/mol. The van der Waals surface area contributed by atoms with Crippen molar-refractivity contribution in [2.45, 2.75) is 44.9 Å². The number of nitrogens with one attached hydrogen (secondary N) is 1. The van der Waals surface area contributed by atoms with Gasteiger partial charge in [-0.05, 0) is 60.7 Å². The highest BCUT2D eigenvalue weighted by Crippen LogP contribution is 2.38. The molecule has 0 unspecified atom stereocenters. The summed E-state index contributed by atoms with van der Waals surface area (Å²) in [6.45, 7) is 5.56. The van der Waals surface area contributed by atoms with Crippen LogP contribution in [0.25, 0.3) is 27.5 Å². The van der Waals surface area contributed by atoms with E-state index in [1.807, 2.05) is 32.0 Å². The number of benzene rings is 2. The average molecular weight is 489 g/mol. The zero-order valence-electron chi connectivity index (χ0n) is 20.4. The quantitative estimate of drug-likeness (QED) is 0.408. The molecule has 1 N–H and O–H groups in total. The van der Waals surface area contributed by atoms with Crippen molar-refractivity contribution in [3.63, 3.8) is 0 Å². The number of ether oxygens (including phenoxy) is 1. The number of furan rings is 1. The minimum absolute atomic E-state index is 0.00668.